The fourth-order valence-corrected chi connectivity index (χ4v) is 8.20. The van der Waals surface area contributed by atoms with E-state index >= 15 is 0 Å². The molecule has 0 spiro atoms. The van der Waals surface area contributed by atoms with Gasteiger partial charge in [-0.15, -0.1) is 0 Å². The lowest BCUT2D eigenvalue weighted by Gasteiger charge is -2.26. The van der Waals surface area contributed by atoms with Gasteiger partial charge in [-0.25, -0.2) is 4.98 Å². The summed E-state index contributed by atoms with van der Waals surface area (Å²) >= 11 is 5.61. The van der Waals surface area contributed by atoms with Gasteiger partial charge in [0.2, 0.25) is 0 Å². The van der Waals surface area contributed by atoms with Crippen molar-refractivity contribution in [1.82, 2.24) is 9.55 Å². The molecule has 1 heterocycles. The Morgan fingerprint density at radius 2 is 1.05 bits per heavy atom. The van der Waals surface area contributed by atoms with Crippen LogP contribution in [-0.4, -0.2) is 35.7 Å². The Hall–Kier alpha value is -4.23. The average molecular weight is 773 g/mol. The molecular weight excluding hydrogens is 705 g/mol. The number of nitrogens with zero attached hydrogens (tertiary/aromatic N) is 5. The smallest absolute Gasteiger partial charge is 0.141 e. The number of imidazole rings is 1. The topological polar surface area (TPSA) is 62.7 Å². The molecule has 0 aliphatic carbocycles. The quantitative estimate of drug-likeness (QED) is 0.0500. The van der Waals surface area contributed by atoms with E-state index in [0.717, 1.165) is 77.4 Å². The number of hydrogen-bond donors (Lipinski definition) is 1. The number of nitrogen functional groups attached to an aromatic ring is 1. The van der Waals surface area contributed by atoms with Crippen LogP contribution in [0.15, 0.2) is 83.2 Å². The lowest BCUT2D eigenvalue weighted by molar-refractivity contribution is 0.537. The molecule has 0 aliphatic rings. The van der Waals surface area contributed by atoms with Gasteiger partial charge >= 0.3 is 0 Å². The fraction of sp³-hybridized carbons (Fsp3) is 0.490. The molecule has 7 heteroatoms. The minimum atomic E-state index is 0.378. The van der Waals surface area contributed by atoms with Crippen molar-refractivity contribution in [2.75, 3.05) is 41.7 Å². The van der Waals surface area contributed by atoms with Gasteiger partial charge in [0, 0.05) is 73.2 Å². The van der Waals surface area contributed by atoms with Crippen LogP contribution in [0.4, 0.5) is 22.7 Å². The number of benzene rings is 4. The van der Waals surface area contributed by atoms with Crippen LogP contribution < -0.4 is 15.5 Å². The highest BCUT2D eigenvalue weighted by atomic mass is 32.1. The zero-order chi connectivity index (χ0) is 39.9. The number of unbranched alkanes of at least 4 members (excludes halogenated alkanes) is 8. The fourth-order valence-electron chi connectivity index (χ4n) is 8.01. The summed E-state index contributed by atoms with van der Waals surface area (Å²) in [5.41, 5.74) is 18.0. The number of anilines is 3. The molecule has 5 aromatic rings. The van der Waals surface area contributed by atoms with Gasteiger partial charge < -0.3 is 20.1 Å². The second-order valence-electron chi connectivity index (χ2n) is 16.0. The normalized spacial score (nSPS) is 11.5. The molecule has 0 bridgehead atoms. The van der Waals surface area contributed by atoms with Crippen LogP contribution in [-0.2, 0) is 19.0 Å². The molecule has 6 nitrogen and oxygen atoms in total. The molecule has 300 valence electrons. The van der Waals surface area contributed by atoms with E-state index in [4.69, 9.17) is 23.1 Å². The van der Waals surface area contributed by atoms with Crippen LogP contribution >= 0.6 is 0 Å². The third-order valence-corrected chi connectivity index (χ3v) is 11.2. The summed E-state index contributed by atoms with van der Waals surface area (Å²) in [7, 11) is 0. The van der Waals surface area contributed by atoms with Crippen LogP contribution in [0.3, 0.4) is 0 Å². The summed E-state index contributed by atoms with van der Waals surface area (Å²) in [6.45, 7) is 18.7. The van der Waals surface area contributed by atoms with E-state index in [2.05, 4.69) is 139 Å². The van der Waals surface area contributed by atoms with Crippen molar-refractivity contribution in [3.05, 3.63) is 78.9 Å². The first-order chi connectivity index (χ1) is 27.4. The molecule has 0 unspecified atom stereocenters. The maximum Gasteiger partial charge on any atom is 0.141 e. The zero-order valence-electron chi connectivity index (χ0n) is 35.3. The predicted octanol–water partition coefficient (Wildman–Crippen LogP) is 14.0. The van der Waals surface area contributed by atoms with Gasteiger partial charge in [0.1, 0.15) is 17.0 Å². The minimum absolute atomic E-state index is 0.378. The first-order valence-corrected chi connectivity index (χ1v) is 22.2. The van der Waals surface area contributed by atoms with Crippen molar-refractivity contribution < 1.29 is 0 Å². The van der Waals surface area contributed by atoms with Gasteiger partial charge in [-0.2, -0.15) is 4.36 Å². The summed E-state index contributed by atoms with van der Waals surface area (Å²) in [5.74, 6) is 1.31. The van der Waals surface area contributed by atoms with Gasteiger partial charge in [0.15, 0.2) is 0 Å². The van der Waals surface area contributed by atoms with Crippen LogP contribution in [0.25, 0.3) is 44.7 Å². The number of aromatic nitrogens is 2. The summed E-state index contributed by atoms with van der Waals surface area (Å²) < 4.78 is 6.93. The van der Waals surface area contributed by atoms with Crippen molar-refractivity contribution in [2.24, 2.45) is 10.3 Å². The molecule has 1 aromatic heterocycles. The lowest BCUT2D eigenvalue weighted by atomic mass is 9.93. The Balaban J connectivity index is 1.70. The third kappa shape index (κ3) is 10.6. The van der Waals surface area contributed by atoms with Crippen LogP contribution in [0, 0.1) is 5.92 Å². The third-order valence-electron chi connectivity index (χ3n) is 11.0. The molecule has 0 aliphatic heterocycles. The molecule has 0 amide bonds. The van der Waals surface area contributed by atoms with Crippen molar-refractivity contribution in [2.45, 2.75) is 125 Å². The number of hydrogen-bond acceptors (Lipinski definition) is 6. The summed E-state index contributed by atoms with van der Waals surface area (Å²) in [4.78, 5) is 10.6. The van der Waals surface area contributed by atoms with Crippen molar-refractivity contribution in [3.8, 4) is 33.6 Å². The predicted molar refractivity (Wildman–Crippen MR) is 247 cm³/mol. The first kappa shape index (κ1) is 42.9. The lowest BCUT2D eigenvalue weighted by Crippen LogP contribution is -2.25. The van der Waals surface area contributed by atoms with E-state index in [9.17, 15) is 0 Å². The highest BCUT2D eigenvalue weighted by molar-refractivity contribution is 7.47. The second-order valence-corrected chi connectivity index (χ2v) is 16.2. The number of fused-ring (bicyclic) bond motifs is 1. The average Bonchev–Trinajstić information content (AvgIpc) is 3.57. The molecule has 56 heavy (non-hydrogen) atoms. The Morgan fingerprint density at radius 3 is 1.46 bits per heavy atom. The Bertz CT molecular complexity index is 1910. The minimum Gasteiger partial charge on any atom is -0.396 e. The van der Waals surface area contributed by atoms with E-state index in [1.807, 2.05) is 0 Å². The second kappa shape index (κ2) is 21.9. The van der Waals surface area contributed by atoms with Crippen LogP contribution in [0.5, 0.6) is 0 Å². The maximum atomic E-state index is 7.33. The van der Waals surface area contributed by atoms with Gasteiger partial charge in [0.25, 0.3) is 0 Å². The zero-order valence-corrected chi connectivity index (χ0v) is 36.1. The number of nitrogens with two attached hydrogens (primary N) is 1. The standard InChI is InChI=1S/C49H68N6S/c1-7-11-18-32-53(33-19-12-8-2)41-28-24-38(25-29-41)43-45(50)46(52-56)44(39-26-30-42(31-27-39)54(34-20-13-9-3)35-21-14-10-4)47-48(43)55(36-37(5)6)49(51-47)40-22-16-15-17-23-40/h15-17,22-31,37H,7-14,18-21,32-36,50H2,1-6H3. The van der Waals surface area contributed by atoms with Crippen LogP contribution in [0.1, 0.15) is 119 Å². The monoisotopic (exact) mass is 773 g/mol. The Kier molecular flexibility index (Phi) is 16.8. The van der Waals surface area contributed by atoms with Gasteiger partial charge in [-0.05, 0) is 67.0 Å². The number of rotatable bonds is 24. The van der Waals surface area contributed by atoms with Crippen molar-refractivity contribution in [3.63, 3.8) is 0 Å². The van der Waals surface area contributed by atoms with Gasteiger partial charge in [0.05, 0.1) is 11.2 Å². The van der Waals surface area contributed by atoms with Gasteiger partial charge in [-0.3, -0.25) is 0 Å². The first-order valence-electron chi connectivity index (χ1n) is 21.8. The van der Waals surface area contributed by atoms with E-state index in [0.29, 0.717) is 17.3 Å². The largest absolute Gasteiger partial charge is 0.396 e. The van der Waals surface area contributed by atoms with E-state index in [1.54, 1.807) is 0 Å². The van der Waals surface area contributed by atoms with Crippen molar-refractivity contribution in [1.29, 1.82) is 0 Å². The van der Waals surface area contributed by atoms with Crippen LogP contribution in [0.2, 0.25) is 0 Å². The van der Waals surface area contributed by atoms with Gasteiger partial charge in [-0.1, -0.05) is 148 Å². The highest BCUT2D eigenvalue weighted by Crippen LogP contribution is 2.49. The molecule has 4 aromatic carbocycles. The Morgan fingerprint density at radius 1 is 0.607 bits per heavy atom. The highest BCUT2D eigenvalue weighted by Gasteiger charge is 2.27. The maximum absolute atomic E-state index is 7.33. The summed E-state index contributed by atoms with van der Waals surface area (Å²) in [6.07, 6.45) is 14.7. The molecule has 2 N–H and O–H groups in total. The molecule has 0 fully saturated rings. The van der Waals surface area contributed by atoms with E-state index in [1.165, 1.54) is 88.4 Å². The Labute approximate surface area is 344 Å². The summed E-state index contributed by atoms with van der Waals surface area (Å²) in [6, 6.07) is 28.6. The molecular formula is C49H68N6S. The summed E-state index contributed by atoms with van der Waals surface area (Å²) in [5, 5.41) is 0. The van der Waals surface area contributed by atoms with E-state index < -0.39 is 0 Å². The molecule has 0 saturated heterocycles. The molecule has 0 saturated carbocycles. The van der Waals surface area contributed by atoms with E-state index in [-0.39, 0.29) is 0 Å². The SMILES string of the molecule is CCCCCN(CCCCC)c1ccc(-c2c(N=S)c(N)c(-c3ccc(N(CCCCC)CCCCC)cc3)c3c2nc(-c2ccccc2)n3CC(C)C)cc1. The molecule has 0 radical (unpaired) electrons. The van der Waals surface area contributed by atoms with Crippen molar-refractivity contribution >= 4 is 46.2 Å². The molecule has 5 rings (SSSR count). The molecule has 0 atom stereocenters.